The molecule has 1 saturated heterocycles. The van der Waals surface area contributed by atoms with Gasteiger partial charge in [-0.1, -0.05) is 13.0 Å². The van der Waals surface area contributed by atoms with Crippen molar-refractivity contribution in [1.82, 2.24) is 10.2 Å². The van der Waals surface area contributed by atoms with E-state index in [1.54, 1.807) is 6.92 Å². The molecule has 0 aromatic heterocycles. The SMILES string of the molecule is CNC(CN1C(=O)CC(C)C1=O)c1ccc2c(c1)OCO2. The molecule has 6 nitrogen and oxygen atoms in total. The second-order valence-electron chi connectivity index (χ2n) is 5.40. The second kappa shape index (κ2) is 5.37. The van der Waals surface area contributed by atoms with Gasteiger partial charge >= 0.3 is 0 Å². The van der Waals surface area contributed by atoms with E-state index in [0.717, 1.165) is 11.3 Å². The molecule has 0 bridgehead atoms. The van der Waals surface area contributed by atoms with E-state index in [9.17, 15) is 9.59 Å². The zero-order valence-corrected chi connectivity index (χ0v) is 12.1. The first-order valence-corrected chi connectivity index (χ1v) is 7.01. The third-order valence-corrected chi connectivity index (χ3v) is 3.98. The Morgan fingerprint density at radius 1 is 1.33 bits per heavy atom. The van der Waals surface area contributed by atoms with Crippen molar-refractivity contribution in [3.05, 3.63) is 23.8 Å². The normalized spacial score (nSPS) is 22.0. The van der Waals surface area contributed by atoms with Crippen molar-refractivity contribution < 1.29 is 19.1 Å². The van der Waals surface area contributed by atoms with Gasteiger partial charge in [0.25, 0.3) is 0 Å². The van der Waals surface area contributed by atoms with Gasteiger partial charge in [-0.3, -0.25) is 14.5 Å². The van der Waals surface area contributed by atoms with E-state index in [1.165, 1.54) is 4.90 Å². The number of amides is 2. The fraction of sp³-hybridized carbons (Fsp3) is 0.467. The van der Waals surface area contributed by atoms with E-state index < -0.39 is 0 Å². The van der Waals surface area contributed by atoms with Crippen LogP contribution in [0.4, 0.5) is 0 Å². The molecule has 6 heteroatoms. The average molecular weight is 290 g/mol. The molecule has 1 aromatic carbocycles. The van der Waals surface area contributed by atoms with Gasteiger partial charge in [-0.05, 0) is 24.7 Å². The summed E-state index contributed by atoms with van der Waals surface area (Å²) in [6, 6.07) is 5.52. The maximum Gasteiger partial charge on any atom is 0.232 e. The molecule has 2 amide bonds. The molecule has 0 spiro atoms. The van der Waals surface area contributed by atoms with E-state index in [1.807, 2.05) is 25.2 Å². The standard InChI is InChI=1S/C15H18N2O4/c1-9-5-14(18)17(15(9)19)7-11(16-2)10-3-4-12-13(6-10)21-8-20-12/h3-4,6,9,11,16H,5,7-8H2,1-2H3. The lowest BCUT2D eigenvalue weighted by Gasteiger charge is -2.23. The van der Waals surface area contributed by atoms with Gasteiger partial charge in [0.2, 0.25) is 18.6 Å². The highest BCUT2D eigenvalue weighted by Crippen LogP contribution is 2.34. The quantitative estimate of drug-likeness (QED) is 0.840. The topological polar surface area (TPSA) is 67.9 Å². The fourth-order valence-electron chi connectivity index (χ4n) is 2.72. The van der Waals surface area contributed by atoms with Crippen LogP contribution in [0.5, 0.6) is 11.5 Å². The lowest BCUT2D eigenvalue weighted by atomic mass is 10.1. The van der Waals surface area contributed by atoms with Crippen molar-refractivity contribution in [3.8, 4) is 11.5 Å². The molecule has 21 heavy (non-hydrogen) atoms. The number of hydrogen-bond acceptors (Lipinski definition) is 5. The summed E-state index contributed by atoms with van der Waals surface area (Å²) >= 11 is 0. The monoisotopic (exact) mass is 290 g/mol. The number of hydrogen-bond donors (Lipinski definition) is 1. The third-order valence-electron chi connectivity index (χ3n) is 3.98. The number of likely N-dealkylation sites (N-methyl/N-ethyl adjacent to an activating group) is 1. The van der Waals surface area contributed by atoms with Crippen molar-refractivity contribution >= 4 is 11.8 Å². The number of likely N-dealkylation sites (tertiary alicyclic amines) is 1. The Bertz CT molecular complexity index is 587. The predicted octanol–water partition coefficient (Wildman–Crippen LogP) is 1.07. The number of benzene rings is 1. The molecule has 2 heterocycles. The largest absolute Gasteiger partial charge is 0.454 e. The molecule has 0 radical (unpaired) electrons. The summed E-state index contributed by atoms with van der Waals surface area (Å²) < 4.78 is 10.7. The fourth-order valence-corrected chi connectivity index (χ4v) is 2.72. The average Bonchev–Trinajstić information content (AvgIpc) is 3.03. The lowest BCUT2D eigenvalue weighted by Crippen LogP contribution is -2.37. The minimum absolute atomic E-state index is 0.0963. The van der Waals surface area contributed by atoms with Crippen molar-refractivity contribution in [3.63, 3.8) is 0 Å². The van der Waals surface area contributed by atoms with Gasteiger partial charge in [-0.2, -0.15) is 0 Å². The summed E-state index contributed by atoms with van der Waals surface area (Å²) in [4.78, 5) is 25.3. The van der Waals surface area contributed by atoms with E-state index in [0.29, 0.717) is 18.7 Å². The molecule has 0 aliphatic carbocycles. The number of nitrogens with one attached hydrogen (secondary N) is 1. The minimum Gasteiger partial charge on any atom is -0.454 e. The van der Waals surface area contributed by atoms with E-state index in [2.05, 4.69) is 5.32 Å². The van der Waals surface area contributed by atoms with Crippen LogP contribution in [0.1, 0.15) is 24.9 Å². The van der Waals surface area contributed by atoms with Crippen LogP contribution in [0.2, 0.25) is 0 Å². The van der Waals surface area contributed by atoms with Gasteiger partial charge in [-0.15, -0.1) is 0 Å². The zero-order valence-electron chi connectivity index (χ0n) is 12.1. The van der Waals surface area contributed by atoms with E-state index in [4.69, 9.17) is 9.47 Å². The minimum atomic E-state index is -0.216. The highest BCUT2D eigenvalue weighted by Gasteiger charge is 2.36. The van der Waals surface area contributed by atoms with Crippen LogP contribution in [0.25, 0.3) is 0 Å². The van der Waals surface area contributed by atoms with E-state index >= 15 is 0 Å². The molecule has 0 saturated carbocycles. The molecule has 2 unspecified atom stereocenters. The number of ether oxygens (including phenoxy) is 2. The number of nitrogens with zero attached hydrogens (tertiary/aromatic N) is 1. The molecule has 2 aliphatic rings. The first-order chi connectivity index (χ1) is 10.1. The van der Waals surface area contributed by atoms with Gasteiger partial charge in [0.05, 0.1) is 6.04 Å². The highest BCUT2D eigenvalue weighted by molar-refractivity contribution is 6.03. The third kappa shape index (κ3) is 2.47. The number of carbonyl (C=O) groups excluding carboxylic acids is 2. The Morgan fingerprint density at radius 2 is 2.10 bits per heavy atom. The van der Waals surface area contributed by atoms with Gasteiger partial charge in [0.15, 0.2) is 11.5 Å². The molecule has 3 rings (SSSR count). The number of carbonyl (C=O) groups is 2. The summed E-state index contributed by atoms with van der Waals surface area (Å²) in [5.41, 5.74) is 0.960. The molecular formula is C15H18N2O4. The highest BCUT2D eigenvalue weighted by atomic mass is 16.7. The Labute approximate surface area is 123 Å². The van der Waals surface area contributed by atoms with Crippen molar-refractivity contribution in [2.45, 2.75) is 19.4 Å². The molecular weight excluding hydrogens is 272 g/mol. The van der Waals surface area contributed by atoms with Crippen LogP contribution in [0.3, 0.4) is 0 Å². The van der Waals surface area contributed by atoms with Crippen LogP contribution in [0.15, 0.2) is 18.2 Å². The van der Waals surface area contributed by atoms with Crippen LogP contribution in [-0.4, -0.2) is 37.1 Å². The molecule has 1 aromatic rings. The smallest absolute Gasteiger partial charge is 0.232 e. The summed E-state index contributed by atoms with van der Waals surface area (Å²) in [6.07, 6.45) is 0.302. The van der Waals surface area contributed by atoms with Crippen LogP contribution >= 0.6 is 0 Å². The predicted molar refractivity (Wildman–Crippen MR) is 74.9 cm³/mol. The van der Waals surface area contributed by atoms with Gasteiger partial charge in [0.1, 0.15) is 0 Å². The maximum absolute atomic E-state index is 12.0. The summed E-state index contributed by atoms with van der Waals surface area (Å²) in [6.45, 7) is 2.34. The van der Waals surface area contributed by atoms with Crippen LogP contribution < -0.4 is 14.8 Å². The van der Waals surface area contributed by atoms with Crippen molar-refractivity contribution in [2.75, 3.05) is 20.4 Å². The van der Waals surface area contributed by atoms with Crippen LogP contribution in [0, 0.1) is 5.92 Å². The summed E-state index contributed by atoms with van der Waals surface area (Å²) in [5.74, 6) is 0.997. The lowest BCUT2D eigenvalue weighted by molar-refractivity contribution is -0.139. The zero-order chi connectivity index (χ0) is 15.0. The molecule has 1 fully saturated rings. The van der Waals surface area contributed by atoms with E-state index in [-0.39, 0.29) is 30.6 Å². The second-order valence-corrected chi connectivity index (χ2v) is 5.40. The molecule has 2 atom stereocenters. The first-order valence-electron chi connectivity index (χ1n) is 7.01. The Hall–Kier alpha value is -2.08. The molecule has 112 valence electrons. The maximum atomic E-state index is 12.0. The van der Waals surface area contributed by atoms with Crippen LogP contribution in [-0.2, 0) is 9.59 Å². The molecule has 2 aliphatic heterocycles. The Balaban J connectivity index is 1.79. The number of imide groups is 1. The number of rotatable bonds is 4. The van der Waals surface area contributed by atoms with Gasteiger partial charge in [-0.25, -0.2) is 0 Å². The van der Waals surface area contributed by atoms with Crippen molar-refractivity contribution in [2.24, 2.45) is 5.92 Å². The molecule has 1 N–H and O–H groups in total. The Morgan fingerprint density at radius 3 is 2.76 bits per heavy atom. The summed E-state index contributed by atoms with van der Waals surface area (Å²) in [5, 5.41) is 3.15. The Kier molecular flexibility index (Phi) is 3.55. The number of fused-ring (bicyclic) bond motifs is 1. The van der Waals surface area contributed by atoms with Gasteiger partial charge < -0.3 is 14.8 Å². The first kappa shape index (κ1) is 13.9. The van der Waals surface area contributed by atoms with Crippen molar-refractivity contribution in [1.29, 1.82) is 0 Å². The van der Waals surface area contributed by atoms with Gasteiger partial charge in [0, 0.05) is 18.9 Å². The summed E-state index contributed by atoms with van der Waals surface area (Å²) in [7, 11) is 1.81.